The minimum Gasteiger partial charge on any atom is -0.397 e. The molecule has 4 rings (SSSR count). The van der Waals surface area contributed by atoms with Gasteiger partial charge in [-0.25, -0.2) is 4.98 Å². The average Bonchev–Trinajstić information content (AvgIpc) is 3.20. The first-order valence-corrected chi connectivity index (χ1v) is 9.39. The lowest BCUT2D eigenvalue weighted by Gasteiger charge is -2.04. The number of anilines is 2. The van der Waals surface area contributed by atoms with Crippen molar-refractivity contribution in [2.24, 2.45) is 0 Å². The number of rotatable bonds is 3. The van der Waals surface area contributed by atoms with E-state index in [1.165, 1.54) is 11.3 Å². The quantitative estimate of drug-likeness (QED) is 0.464. The topological polar surface area (TPSA) is 94.0 Å². The van der Waals surface area contributed by atoms with Crippen LogP contribution >= 0.6 is 34.5 Å². The second-order valence-electron chi connectivity index (χ2n) is 5.80. The SMILES string of the molecule is Cc1cc(NC(=O)c2sc3nc(-c4cc(Cl)ccc4Cl)ccc3c2N)no1. The third kappa shape index (κ3) is 3.37. The van der Waals surface area contributed by atoms with E-state index in [0.717, 1.165) is 0 Å². The summed E-state index contributed by atoms with van der Waals surface area (Å²) in [7, 11) is 0. The molecular weight excluding hydrogens is 407 g/mol. The van der Waals surface area contributed by atoms with Crippen LogP contribution in [0.15, 0.2) is 40.9 Å². The molecule has 0 aliphatic heterocycles. The number of aromatic nitrogens is 2. The van der Waals surface area contributed by atoms with Gasteiger partial charge in [0.15, 0.2) is 5.82 Å². The number of carbonyl (C=O) groups is 1. The van der Waals surface area contributed by atoms with E-state index in [1.54, 1.807) is 37.3 Å². The largest absolute Gasteiger partial charge is 0.397 e. The van der Waals surface area contributed by atoms with Crippen LogP contribution in [0.4, 0.5) is 11.5 Å². The molecule has 0 unspecified atom stereocenters. The number of hydrogen-bond donors (Lipinski definition) is 2. The summed E-state index contributed by atoms with van der Waals surface area (Å²) in [4.78, 5) is 18.1. The van der Waals surface area contributed by atoms with E-state index in [4.69, 9.17) is 33.5 Å². The van der Waals surface area contributed by atoms with Crippen LogP contribution in [-0.2, 0) is 0 Å². The second-order valence-corrected chi connectivity index (χ2v) is 7.64. The minimum absolute atomic E-state index is 0.328. The molecule has 0 saturated carbocycles. The summed E-state index contributed by atoms with van der Waals surface area (Å²) < 4.78 is 4.95. The number of carbonyl (C=O) groups excluding carboxylic acids is 1. The van der Waals surface area contributed by atoms with Crippen molar-refractivity contribution in [2.75, 3.05) is 11.1 Å². The molecule has 1 aromatic carbocycles. The predicted molar refractivity (Wildman–Crippen MR) is 109 cm³/mol. The maximum atomic E-state index is 12.5. The van der Waals surface area contributed by atoms with Gasteiger partial charge < -0.3 is 15.6 Å². The first kappa shape index (κ1) is 17.8. The van der Waals surface area contributed by atoms with Crippen molar-refractivity contribution in [1.29, 1.82) is 0 Å². The molecule has 3 heterocycles. The number of fused-ring (bicyclic) bond motifs is 1. The first-order chi connectivity index (χ1) is 12.9. The fourth-order valence-electron chi connectivity index (χ4n) is 2.61. The van der Waals surface area contributed by atoms with E-state index >= 15 is 0 Å². The molecule has 0 spiro atoms. The van der Waals surface area contributed by atoms with Gasteiger partial charge in [0.25, 0.3) is 5.91 Å². The van der Waals surface area contributed by atoms with Gasteiger partial charge in [0.2, 0.25) is 0 Å². The lowest BCUT2D eigenvalue weighted by molar-refractivity contribution is 0.103. The van der Waals surface area contributed by atoms with Gasteiger partial charge in [-0.1, -0.05) is 28.4 Å². The van der Waals surface area contributed by atoms with Gasteiger partial charge in [-0.15, -0.1) is 11.3 Å². The molecule has 0 radical (unpaired) electrons. The van der Waals surface area contributed by atoms with Crippen molar-refractivity contribution in [2.45, 2.75) is 6.92 Å². The Morgan fingerprint density at radius 1 is 1.22 bits per heavy atom. The van der Waals surface area contributed by atoms with Gasteiger partial charge >= 0.3 is 0 Å². The summed E-state index contributed by atoms with van der Waals surface area (Å²) in [6.45, 7) is 1.74. The third-order valence-corrected chi connectivity index (χ3v) is 5.55. The molecule has 3 N–H and O–H groups in total. The van der Waals surface area contributed by atoms with Crippen molar-refractivity contribution >= 4 is 62.2 Å². The maximum absolute atomic E-state index is 12.5. The van der Waals surface area contributed by atoms with Crippen LogP contribution in [-0.4, -0.2) is 16.0 Å². The van der Waals surface area contributed by atoms with Gasteiger partial charge in [-0.3, -0.25) is 4.79 Å². The van der Waals surface area contributed by atoms with Gasteiger partial charge in [-0.05, 0) is 37.3 Å². The van der Waals surface area contributed by atoms with Gasteiger partial charge in [0.05, 0.1) is 16.4 Å². The van der Waals surface area contributed by atoms with E-state index in [2.05, 4.69) is 15.5 Å². The van der Waals surface area contributed by atoms with Crippen LogP contribution in [0.2, 0.25) is 10.0 Å². The number of nitrogens with one attached hydrogen (secondary N) is 1. The molecule has 0 fully saturated rings. The smallest absolute Gasteiger partial charge is 0.269 e. The summed E-state index contributed by atoms with van der Waals surface area (Å²) in [5.41, 5.74) is 7.88. The lowest BCUT2D eigenvalue weighted by Crippen LogP contribution is -2.12. The molecule has 27 heavy (non-hydrogen) atoms. The van der Waals surface area contributed by atoms with Gasteiger partial charge in [0, 0.05) is 22.0 Å². The van der Waals surface area contributed by atoms with E-state index in [-0.39, 0.29) is 5.91 Å². The van der Waals surface area contributed by atoms with E-state index < -0.39 is 0 Å². The van der Waals surface area contributed by atoms with Crippen molar-refractivity contribution in [3.63, 3.8) is 0 Å². The first-order valence-electron chi connectivity index (χ1n) is 7.81. The Labute approximate surface area is 167 Å². The van der Waals surface area contributed by atoms with Gasteiger partial charge in [0.1, 0.15) is 15.5 Å². The molecule has 3 aromatic heterocycles. The Morgan fingerprint density at radius 3 is 2.78 bits per heavy atom. The fraction of sp³-hybridized carbons (Fsp3) is 0.0556. The number of hydrogen-bond acceptors (Lipinski definition) is 6. The molecule has 9 heteroatoms. The molecule has 4 aromatic rings. The Kier molecular flexibility index (Phi) is 4.51. The zero-order valence-electron chi connectivity index (χ0n) is 13.9. The van der Waals surface area contributed by atoms with Crippen LogP contribution in [0, 0.1) is 6.92 Å². The van der Waals surface area contributed by atoms with Crippen molar-refractivity contribution in [3.8, 4) is 11.3 Å². The molecule has 1 amide bonds. The molecule has 0 atom stereocenters. The summed E-state index contributed by atoms with van der Waals surface area (Å²) in [5, 5.41) is 8.21. The van der Waals surface area contributed by atoms with Gasteiger partial charge in [-0.2, -0.15) is 0 Å². The average molecular weight is 419 g/mol. The monoisotopic (exact) mass is 418 g/mol. The van der Waals surface area contributed by atoms with Crippen LogP contribution in [0.5, 0.6) is 0 Å². The third-order valence-electron chi connectivity index (χ3n) is 3.87. The number of pyridine rings is 1. The number of nitrogen functional groups attached to an aromatic ring is 1. The molecule has 0 aliphatic carbocycles. The van der Waals surface area contributed by atoms with E-state index in [9.17, 15) is 4.79 Å². The van der Waals surface area contributed by atoms with E-state index in [1.807, 2.05) is 6.07 Å². The Bertz CT molecular complexity index is 1190. The van der Waals surface area contributed by atoms with E-state index in [0.29, 0.717) is 53.7 Å². The number of halogens is 2. The summed E-state index contributed by atoms with van der Waals surface area (Å²) in [5.74, 6) is 0.555. The zero-order valence-corrected chi connectivity index (χ0v) is 16.2. The molecule has 136 valence electrons. The molecular formula is C18H12Cl2N4O2S. The van der Waals surface area contributed by atoms with Crippen LogP contribution in [0.3, 0.4) is 0 Å². The maximum Gasteiger partial charge on any atom is 0.269 e. The highest BCUT2D eigenvalue weighted by Crippen LogP contribution is 2.36. The number of thiophene rings is 1. The van der Waals surface area contributed by atoms with Crippen molar-refractivity contribution < 1.29 is 9.32 Å². The van der Waals surface area contributed by atoms with Crippen molar-refractivity contribution in [1.82, 2.24) is 10.1 Å². The van der Waals surface area contributed by atoms with Crippen LogP contribution in [0.25, 0.3) is 21.5 Å². The van der Waals surface area contributed by atoms with Crippen LogP contribution < -0.4 is 11.1 Å². The Balaban J connectivity index is 1.73. The Hall–Kier alpha value is -2.61. The number of amides is 1. The zero-order chi connectivity index (χ0) is 19.1. The van der Waals surface area contributed by atoms with Crippen LogP contribution in [0.1, 0.15) is 15.4 Å². The Morgan fingerprint density at radius 2 is 2.04 bits per heavy atom. The predicted octanol–water partition coefficient (Wildman–Crippen LogP) is 5.40. The highest BCUT2D eigenvalue weighted by atomic mass is 35.5. The number of nitrogens with zero attached hydrogens (tertiary/aromatic N) is 2. The normalized spacial score (nSPS) is 11.1. The highest BCUT2D eigenvalue weighted by molar-refractivity contribution is 7.21. The number of benzene rings is 1. The number of nitrogens with two attached hydrogens (primary N) is 1. The highest BCUT2D eigenvalue weighted by Gasteiger charge is 2.19. The lowest BCUT2D eigenvalue weighted by atomic mass is 10.1. The summed E-state index contributed by atoms with van der Waals surface area (Å²) in [6.07, 6.45) is 0. The fourth-order valence-corrected chi connectivity index (χ4v) is 3.98. The number of aryl methyl sites for hydroxylation is 1. The minimum atomic E-state index is -0.369. The molecule has 0 aliphatic rings. The summed E-state index contributed by atoms with van der Waals surface area (Å²) in [6, 6.07) is 10.4. The molecule has 6 nitrogen and oxygen atoms in total. The second kappa shape index (κ2) is 6.84. The molecule has 0 saturated heterocycles. The molecule has 0 bridgehead atoms. The standard InChI is InChI=1S/C18H12Cl2N4O2S/c1-8-6-14(24-26-8)23-17(25)16-15(21)10-3-5-13(22-18(10)27-16)11-7-9(19)2-4-12(11)20/h2-7H,21H2,1H3,(H,23,24,25). The van der Waals surface area contributed by atoms with Crippen molar-refractivity contribution in [3.05, 3.63) is 57.1 Å². The summed E-state index contributed by atoms with van der Waals surface area (Å²) >= 11 is 13.5.